The third kappa shape index (κ3) is 4.48. The number of halogens is 3. The molecule has 0 saturated heterocycles. The molecular formula is C16H13ClI2O3. The lowest BCUT2D eigenvalue weighted by atomic mass is 10.2. The van der Waals surface area contributed by atoms with Crippen molar-refractivity contribution in [1.29, 1.82) is 0 Å². The van der Waals surface area contributed by atoms with Gasteiger partial charge in [-0.15, -0.1) is 0 Å². The smallest absolute Gasteiger partial charge is 0.338 e. The molecule has 0 bridgehead atoms. The molecule has 0 N–H and O–H groups in total. The van der Waals surface area contributed by atoms with Crippen LogP contribution in [0.2, 0.25) is 5.02 Å². The lowest BCUT2D eigenvalue weighted by Gasteiger charge is -2.13. The Morgan fingerprint density at radius 1 is 1.18 bits per heavy atom. The Labute approximate surface area is 161 Å². The molecule has 0 aliphatic carbocycles. The summed E-state index contributed by atoms with van der Waals surface area (Å²) >= 11 is 10.4. The highest BCUT2D eigenvalue weighted by molar-refractivity contribution is 14.1. The zero-order chi connectivity index (χ0) is 16.1. The van der Waals surface area contributed by atoms with Crippen molar-refractivity contribution in [2.45, 2.75) is 13.5 Å². The van der Waals surface area contributed by atoms with Crippen LogP contribution in [0, 0.1) is 7.14 Å². The Kier molecular flexibility index (Phi) is 6.76. The average molecular weight is 543 g/mol. The molecule has 22 heavy (non-hydrogen) atoms. The molecule has 3 nitrogen and oxygen atoms in total. The van der Waals surface area contributed by atoms with Gasteiger partial charge < -0.3 is 9.47 Å². The van der Waals surface area contributed by atoms with Gasteiger partial charge >= 0.3 is 5.97 Å². The quantitative estimate of drug-likeness (QED) is 0.380. The minimum Gasteiger partial charge on any atom is -0.487 e. The summed E-state index contributed by atoms with van der Waals surface area (Å²) in [6, 6.07) is 11.1. The van der Waals surface area contributed by atoms with Crippen LogP contribution < -0.4 is 4.74 Å². The number of hydrogen-bond donors (Lipinski definition) is 0. The summed E-state index contributed by atoms with van der Waals surface area (Å²) in [6.07, 6.45) is 0. The van der Waals surface area contributed by atoms with E-state index >= 15 is 0 Å². The molecule has 6 heteroatoms. The molecule has 0 unspecified atom stereocenters. The van der Waals surface area contributed by atoms with E-state index in [4.69, 9.17) is 21.1 Å². The Balaban J connectivity index is 2.18. The van der Waals surface area contributed by atoms with Crippen LogP contribution in [0.15, 0.2) is 36.4 Å². The minimum atomic E-state index is -0.323. The Morgan fingerprint density at radius 2 is 1.82 bits per heavy atom. The molecule has 0 saturated carbocycles. The highest BCUT2D eigenvalue weighted by Gasteiger charge is 2.14. The van der Waals surface area contributed by atoms with Gasteiger partial charge in [-0.2, -0.15) is 0 Å². The molecule has 0 fully saturated rings. The molecule has 0 spiro atoms. The average Bonchev–Trinajstić information content (AvgIpc) is 2.48. The van der Waals surface area contributed by atoms with E-state index in [1.807, 2.05) is 24.3 Å². The van der Waals surface area contributed by atoms with E-state index in [-0.39, 0.29) is 5.97 Å². The van der Waals surface area contributed by atoms with Gasteiger partial charge in [0.1, 0.15) is 12.4 Å². The number of hydrogen-bond acceptors (Lipinski definition) is 3. The fraction of sp³-hybridized carbons (Fsp3) is 0.188. The van der Waals surface area contributed by atoms with Crippen molar-refractivity contribution in [3.63, 3.8) is 0 Å². The van der Waals surface area contributed by atoms with E-state index in [0.717, 1.165) is 18.5 Å². The summed E-state index contributed by atoms with van der Waals surface area (Å²) in [6.45, 7) is 2.52. The lowest BCUT2D eigenvalue weighted by Crippen LogP contribution is -2.07. The van der Waals surface area contributed by atoms with Crippen molar-refractivity contribution < 1.29 is 14.3 Å². The second-order valence-electron chi connectivity index (χ2n) is 4.37. The molecule has 116 valence electrons. The molecular weight excluding hydrogens is 529 g/mol. The molecule has 2 aromatic carbocycles. The van der Waals surface area contributed by atoms with Crippen molar-refractivity contribution in [3.05, 3.63) is 59.7 Å². The fourth-order valence-electron chi connectivity index (χ4n) is 1.80. The number of carbonyl (C=O) groups is 1. The maximum atomic E-state index is 11.8. The topological polar surface area (TPSA) is 35.5 Å². The summed E-state index contributed by atoms with van der Waals surface area (Å²) in [5.74, 6) is 0.421. The van der Waals surface area contributed by atoms with Crippen molar-refractivity contribution in [3.8, 4) is 5.75 Å². The maximum absolute atomic E-state index is 11.8. The largest absolute Gasteiger partial charge is 0.487 e. The summed E-state index contributed by atoms with van der Waals surface area (Å²) in [5.41, 5.74) is 1.45. The molecule has 0 aromatic heterocycles. The monoisotopic (exact) mass is 542 g/mol. The van der Waals surface area contributed by atoms with Crippen LogP contribution in [0.3, 0.4) is 0 Å². The third-order valence-corrected chi connectivity index (χ3v) is 4.81. The number of esters is 1. The minimum absolute atomic E-state index is 0.323. The second-order valence-corrected chi connectivity index (χ2v) is 7.10. The first-order valence-corrected chi connectivity index (χ1v) is 9.08. The van der Waals surface area contributed by atoms with Crippen molar-refractivity contribution in [2.75, 3.05) is 6.61 Å². The Hall–Kier alpha value is -0.540. The first-order valence-electron chi connectivity index (χ1n) is 6.55. The predicted molar refractivity (Wildman–Crippen MR) is 104 cm³/mol. The van der Waals surface area contributed by atoms with Gasteiger partial charge in [-0.25, -0.2) is 4.79 Å². The van der Waals surface area contributed by atoms with E-state index < -0.39 is 0 Å². The maximum Gasteiger partial charge on any atom is 0.338 e. The van der Waals surface area contributed by atoms with Crippen LogP contribution >= 0.6 is 56.8 Å². The van der Waals surface area contributed by atoms with E-state index in [9.17, 15) is 4.79 Å². The molecule has 0 aliphatic heterocycles. The Bertz CT molecular complexity index is 666. The van der Waals surface area contributed by atoms with Crippen molar-refractivity contribution in [2.24, 2.45) is 0 Å². The highest BCUT2D eigenvalue weighted by Crippen LogP contribution is 2.30. The fourth-order valence-corrected chi connectivity index (χ4v) is 4.07. The van der Waals surface area contributed by atoms with Crippen molar-refractivity contribution >= 4 is 62.8 Å². The SMILES string of the molecule is CCOC(=O)c1cc(I)c(OCc2ccccc2Cl)c(I)c1. The van der Waals surface area contributed by atoms with E-state index in [1.165, 1.54) is 0 Å². The van der Waals surface area contributed by atoms with E-state index in [1.54, 1.807) is 19.1 Å². The molecule has 0 aliphatic rings. The molecule has 0 amide bonds. The zero-order valence-electron chi connectivity index (χ0n) is 11.7. The summed E-state index contributed by atoms with van der Waals surface area (Å²) < 4.78 is 12.6. The number of benzene rings is 2. The summed E-state index contributed by atoms with van der Waals surface area (Å²) in [5, 5.41) is 0.677. The summed E-state index contributed by atoms with van der Waals surface area (Å²) in [4.78, 5) is 11.8. The molecule has 0 atom stereocenters. The predicted octanol–water partition coefficient (Wildman–Crippen LogP) is 5.30. The number of rotatable bonds is 5. The van der Waals surface area contributed by atoms with Gasteiger partial charge in [-0.05, 0) is 70.3 Å². The van der Waals surface area contributed by atoms with E-state index in [0.29, 0.717) is 23.8 Å². The first kappa shape index (κ1) is 17.8. The van der Waals surface area contributed by atoms with Crippen LogP contribution in [-0.2, 0) is 11.3 Å². The van der Waals surface area contributed by atoms with Gasteiger partial charge in [-0.1, -0.05) is 29.8 Å². The van der Waals surface area contributed by atoms with Crippen LogP contribution in [0.4, 0.5) is 0 Å². The van der Waals surface area contributed by atoms with Gasteiger partial charge in [0.2, 0.25) is 0 Å². The summed E-state index contributed by atoms with van der Waals surface area (Å²) in [7, 11) is 0. The van der Waals surface area contributed by atoms with Gasteiger partial charge in [-0.3, -0.25) is 0 Å². The second kappa shape index (κ2) is 8.35. The molecule has 2 rings (SSSR count). The first-order chi connectivity index (χ1) is 10.5. The van der Waals surface area contributed by atoms with Crippen LogP contribution in [0.25, 0.3) is 0 Å². The van der Waals surface area contributed by atoms with Gasteiger partial charge in [0.05, 0.1) is 19.3 Å². The molecule has 0 heterocycles. The molecule has 0 radical (unpaired) electrons. The van der Waals surface area contributed by atoms with Gasteiger partial charge in [0.25, 0.3) is 0 Å². The normalized spacial score (nSPS) is 10.4. The van der Waals surface area contributed by atoms with Gasteiger partial charge in [0, 0.05) is 10.6 Å². The van der Waals surface area contributed by atoms with Gasteiger partial charge in [0.15, 0.2) is 0 Å². The van der Waals surface area contributed by atoms with Crippen LogP contribution in [0.5, 0.6) is 5.75 Å². The number of carbonyl (C=O) groups excluding carboxylic acids is 1. The zero-order valence-corrected chi connectivity index (χ0v) is 16.8. The van der Waals surface area contributed by atoms with Crippen molar-refractivity contribution in [1.82, 2.24) is 0 Å². The van der Waals surface area contributed by atoms with Crippen LogP contribution in [0.1, 0.15) is 22.8 Å². The van der Waals surface area contributed by atoms with Crippen LogP contribution in [-0.4, -0.2) is 12.6 Å². The molecule has 2 aromatic rings. The Morgan fingerprint density at radius 3 is 2.41 bits per heavy atom. The standard InChI is InChI=1S/C16H13ClI2O3/c1-2-21-16(20)11-7-13(18)15(14(19)8-11)22-9-10-5-3-4-6-12(10)17/h3-8H,2,9H2,1H3. The number of ether oxygens (including phenoxy) is 2. The highest BCUT2D eigenvalue weighted by atomic mass is 127. The lowest BCUT2D eigenvalue weighted by molar-refractivity contribution is 0.0526. The van der Waals surface area contributed by atoms with E-state index in [2.05, 4.69) is 45.2 Å². The third-order valence-electron chi connectivity index (χ3n) is 2.84.